The van der Waals surface area contributed by atoms with Crippen LogP contribution in [0.15, 0.2) is 30.3 Å². The van der Waals surface area contributed by atoms with E-state index in [1.807, 2.05) is 0 Å². The van der Waals surface area contributed by atoms with Crippen LogP contribution in [-0.2, 0) is 6.54 Å². The fraction of sp³-hybridized carbons (Fsp3) is 0.500. The Balaban J connectivity index is 1.88. The predicted octanol–water partition coefficient (Wildman–Crippen LogP) is 2.82. The molecule has 0 saturated carbocycles. The molecule has 1 aromatic carbocycles. The van der Waals surface area contributed by atoms with Gasteiger partial charge in [-0.2, -0.15) is 0 Å². The first-order valence-corrected chi connectivity index (χ1v) is 5.98. The second-order valence-corrected chi connectivity index (χ2v) is 4.57. The summed E-state index contributed by atoms with van der Waals surface area (Å²) < 4.78 is 0. The predicted molar refractivity (Wildman–Crippen MR) is 65.9 cm³/mol. The monoisotopic (exact) mass is 214 g/mol. The lowest BCUT2D eigenvalue weighted by Crippen LogP contribution is -2.35. The molecule has 0 amide bonds. The Morgan fingerprint density at radius 2 is 2.12 bits per heavy atom. The molecule has 16 heavy (non-hydrogen) atoms. The zero-order chi connectivity index (χ0) is 11.2. The lowest BCUT2D eigenvalue weighted by molar-refractivity contribution is 0.175. The Morgan fingerprint density at radius 3 is 2.88 bits per heavy atom. The first-order chi connectivity index (χ1) is 7.88. The molecule has 2 nitrogen and oxygen atoms in total. The molecule has 0 N–H and O–H groups in total. The Labute approximate surface area is 97.7 Å². The summed E-state index contributed by atoms with van der Waals surface area (Å²) in [7, 11) is 0. The van der Waals surface area contributed by atoms with E-state index in [2.05, 4.69) is 40.1 Å². The van der Waals surface area contributed by atoms with Crippen LogP contribution in [0.5, 0.6) is 0 Å². The summed E-state index contributed by atoms with van der Waals surface area (Å²) in [6, 6.07) is 10.6. The lowest BCUT2D eigenvalue weighted by Gasteiger charge is -2.30. The third-order valence-electron chi connectivity index (χ3n) is 3.20. The zero-order valence-corrected chi connectivity index (χ0v) is 9.60. The first-order valence-electron chi connectivity index (χ1n) is 5.98. The van der Waals surface area contributed by atoms with E-state index in [0.717, 1.165) is 13.1 Å². The third-order valence-corrected chi connectivity index (χ3v) is 3.20. The maximum Gasteiger partial charge on any atom is 0.218 e. The molecule has 1 aromatic rings. The molecular weight excluding hydrogens is 196 g/mol. The van der Waals surface area contributed by atoms with Gasteiger partial charge < -0.3 is 4.85 Å². The molecule has 0 bridgehead atoms. The van der Waals surface area contributed by atoms with Gasteiger partial charge in [0.25, 0.3) is 0 Å². The number of hydrogen-bond acceptors (Lipinski definition) is 1. The van der Waals surface area contributed by atoms with E-state index < -0.39 is 0 Å². The van der Waals surface area contributed by atoms with E-state index in [9.17, 15) is 0 Å². The summed E-state index contributed by atoms with van der Waals surface area (Å²) in [6.07, 6.45) is 2.47. The fourth-order valence-electron chi connectivity index (χ4n) is 2.41. The third kappa shape index (κ3) is 3.08. The van der Waals surface area contributed by atoms with E-state index in [-0.39, 0.29) is 0 Å². The van der Waals surface area contributed by atoms with Crippen molar-refractivity contribution in [2.45, 2.75) is 19.4 Å². The standard InChI is InChI=1S/C14H18N2/c1-15-10-14-8-5-9-16(12-14)11-13-6-3-2-4-7-13/h2-4,6-7,14H,5,8-12H2. The second-order valence-electron chi connectivity index (χ2n) is 4.57. The maximum atomic E-state index is 6.93. The van der Waals surface area contributed by atoms with Gasteiger partial charge in [0.1, 0.15) is 0 Å². The molecule has 0 radical (unpaired) electrons. The molecule has 0 aliphatic carbocycles. The van der Waals surface area contributed by atoms with Gasteiger partial charge in [0.15, 0.2) is 0 Å². The van der Waals surface area contributed by atoms with E-state index in [1.54, 1.807) is 0 Å². The summed E-state index contributed by atoms with van der Waals surface area (Å²) in [5.41, 5.74) is 1.38. The van der Waals surface area contributed by atoms with Crippen LogP contribution in [0.4, 0.5) is 0 Å². The van der Waals surface area contributed by atoms with Gasteiger partial charge in [-0.1, -0.05) is 30.3 Å². The number of benzene rings is 1. The van der Waals surface area contributed by atoms with E-state index >= 15 is 0 Å². The van der Waals surface area contributed by atoms with E-state index in [4.69, 9.17) is 6.57 Å². The Morgan fingerprint density at radius 1 is 1.31 bits per heavy atom. The number of nitrogens with zero attached hydrogens (tertiary/aromatic N) is 2. The molecular formula is C14H18N2. The molecule has 0 spiro atoms. The highest BCUT2D eigenvalue weighted by molar-refractivity contribution is 5.14. The summed E-state index contributed by atoms with van der Waals surface area (Å²) in [6.45, 7) is 10.9. The Kier molecular flexibility index (Phi) is 3.96. The molecule has 84 valence electrons. The van der Waals surface area contributed by atoms with Crippen molar-refractivity contribution >= 4 is 0 Å². The number of hydrogen-bond donors (Lipinski definition) is 0. The van der Waals surface area contributed by atoms with Crippen LogP contribution in [-0.4, -0.2) is 24.5 Å². The SMILES string of the molecule is [C-]#[N+]CC1CCCN(Cc2ccccc2)C1. The summed E-state index contributed by atoms with van der Waals surface area (Å²) in [5.74, 6) is 0.593. The van der Waals surface area contributed by atoms with Crippen molar-refractivity contribution in [2.24, 2.45) is 5.92 Å². The maximum absolute atomic E-state index is 6.93. The van der Waals surface area contributed by atoms with Gasteiger partial charge in [-0.15, -0.1) is 0 Å². The van der Waals surface area contributed by atoms with E-state index in [1.165, 1.54) is 24.9 Å². The number of likely N-dealkylation sites (tertiary alicyclic amines) is 1. The second kappa shape index (κ2) is 5.67. The molecule has 2 heteroatoms. The normalized spacial score (nSPS) is 21.6. The van der Waals surface area contributed by atoms with Crippen LogP contribution in [0.25, 0.3) is 4.85 Å². The van der Waals surface area contributed by atoms with Gasteiger partial charge in [-0.05, 0) is 24.9 Å². The quantitative estimate of drug-likeness (QED) is 0.702. The topological polar surface area (TPSA) is 7.60 Å². The lowest BCUT2D eigenvalue weighted by atomic mass is 9.98. The number of piperidine rings is 1. The van der Waals surface area contributed by atoms with Crippen LogP contribution < -0.4 is 0 Å². The molecule has 1 aliphatic heterocycles. The fourth-order valence-corrected chi connectivity index (χ4v) is 2.41. The molecule has 1 saturated heterocycles. The van der Waals surface area contributed by atoms with Crippen molar-refractivity contribution < 1.29 is 0 Å². The molecule has 0 aromatic heterocycles. The number of rotatable bonds is 3. The van der Waals surface area contributed by atoms with Crippen molar-refractivity contribution in [3.8, 4) is 0 Å². The Bertz CT molecular complexity index is 353. The minimum atomic E-state index is 0.593. The molecule has 1 aliphatic rings. The minimum absolute atomic E-state index is 0.593. The van der Waals surface area contributed by atoms with Gasteiger partial charge in [-0.25, -0.2) is 6.57 Å². The molecule has 1 atom stereocenters. The molecule has 1 heterocycles. The van der Waals surface area contributed by atoms with Crippen LogP contribution in [0.2, 0.25) is 0 Å². The van der Waals surface area contributed by atoms with Gasteiger partial charge in [0, 0.05) is 19.0 Å². The van der Waals surface area contributed by atoms with Gasteiger partial charge >= 0.3 is 0 Å². The van der Waals surface area contributed by atoms with Crippen LogP contribution in [0.1, 0.15) is 18.4 Å². The average Bonchev–Trinajstić information content (AvgIpc) is 2.31. The van der Waals surface area contributed by atoms with Gasteiger partial charge in [-0.3, -0.25) is 4.90 Å². The van der Waals surface area contributed by atoms with E-state index in [0.29, 0.717) is 12.5 Å². The molecule has 1 unspecified atom stereocenters. The van der Waals surface area contributed by atoms with Crippen molar-refractivity contribution in [3.05, 3.63) is 47.3 Å². The minimum Gasteiger partial charge on any atom is -0.317 e. The van der Waals surface area contributed by atoms with Gasteiger partial charge in [0.2, 0.25) is 6.54 Å². The van der Waals surface area contributed by atoms with Crippen molar-refractivity contribution in [2.75, 3.05) is 19.6 Å². The van der Waals surface area contributed by atoms with Crippen molar-refractivity contribution in [1.82, 2.24) is 4.90 Å². The summed E-state index contributed by atoms with van der Waals surface area (Å²) in [5, 5.41) is 0. The first kappa shape index (κ1) is 11.2. The van der Waals surface area contributed by atoms with Crippen LogP contribution in [0.3, 0.4) is 0 Å². The van der Waals surface area contributed by atoms with Crippen LogP contribution in [0, 0.1) is 12.5 Å². The highest BCUT2D eigenvalue weighted by atomic mass is 15.1. The molecule has 2 rings (SSSR count). The largest absolute Gasteiger partial charge is 0.317 e. The Hall–Kier alpha value is -1.33. The zero-order valence-electron chi connectivity index (χ0n) is 9.60. The van der Waals surface area contributed by atoms with Crippen molar-refractivity contribution in [3.63, 3.8) is 0 Å². The average molecular weight is 214 g/mol. The summed E-state index contributed by atoms with van der Waals surface area (Å²) >= 11 is 0. The van der Waals surface area contributed by atoms with Gasteiger partial charge in [0.05, 0.1) is 0 Å². The highest BCUT2D eigenvalue weighted by Gasteiger charge is 2.21. The van der Waals surface area contributed by atoms with Crippen molar-refractivity contribution in [1.29, 1.82) is 0 Å². The molecule has 1 fully saturated rings. The summed E-state index contributed by atoms with van der Waals surface area (Å²) in [4.78, 5) is 6.01. The van der Waals surface area contributed by atoms with Crippen LogP contribution >= 0.6 is 0 Å². The highest BCUT2D eigenvalue weighted by Crippen LogP contribution is 2.18. The smallest absolute Gasteiger partial charge is 0.218 e.